The molecule has 1 aliphatic heterocycles. The summed E-state index contributed by atoms with van der Waals surface area (Å²) in [6.07, 6.45) is 4.80. The molecular formula is C30H30FN5O6. The summed E-state index contributed by atoms with van der Waals surface area (Å²) in [6, 6.07) is 8.05. The van der Waals surface area contributed by atoms with Gasteiger partial charge in [0.25, 0.3) is 5.91 Å². The fourth-order valence-corrected chi connectivity index (χ4v) is 4.25. The van der Waals surface area contributed by atoms with Gasteiger partial charge in [-0.1, -0.05) is 5.92 Å². The van der Waals surface area contributed by atoms with Crippen LogP contribution in [0.15, 0.2) is 41.5 Å². The van der Waals surface area contributed by atoms with E-state index in [2.05, 4.69) is 21.2 Å². The number of carbonyl (C=O) groups excluding carboxylic acids is 3. The number of halogens is 1. The molecule has 1 saturated carbocycles. The Morgan fingerprint density at radius 2 is 1.76 bits per heavy atom. The lowest BCUT2D eigenvalue weighted by Gasteiger charge is -2.34. The number of nitrogens with one attached hydrogen (secondary N) is 1. The number of carbonyl (C=O) groups is 3. The molecule has 1 N–H and O–H groups in total. The highest BCUT2D eigenvalue weighted by atomic mass is 19.1. The fraction of sp³-hybridized carbons (Fsp3) is 0.400. The predicted octanol–water partition coefficient (Wildman–Crippen LogP) is 5.12. The second-order valence-electron chi connectivity index (χ2n) is 11.8. The van der Waals surface area contributed by atoms with Crippen molar-refractivity contribution in [1.29, 1.82) is 5.26 Å². The zero-order chi connectivity index (χ0) is 31.0. The number of nitrogens with zero attached hydrogens (tertiary/aromatic N) is 4. The van der Waals surface area contributed by atoms with Gasteiger partial charge in [-0.05, 0) is 78.3 Å². The number of hydrogen-bond donors (Lipinski definition) is 1. The van der Waals surface area contributed by atoms with Crippen LogP contribution in [-0.4, -0.2) is 51.3 Å². The average molecular weight is 576 g/mol. The minimum atomic E-state index is -1.70. The van der Waals surface area contributed by atoms with Gasteiger partial charge in [-0.25, -0.2) is 24.0 Å². The van der Waals surface area contributed by atoms with Crippen molar-refractivity contribution in [3.63, 3.8) is 0 Å². The van der Waals surface area contributed by atoms with Crippen LogP contribution in [-0.2, 0) is 19.7 Å². The molecular weight excluding hydrogens is 545 g/mol. The number of amides is 3. The van der Waals surface area contributed by atoms with E-state index in [4.69, 9.17) is 25.9 Å². The highest BCUT2D eigenvalue weighted by Gasteiger charge is 2.61. The van der Waals surface area contributed by atoms with E-state index in [1.54, 1.807) is 41.5 Å². The number of hydrogen-bond acceptors (Lipinski definition) is 9. The van der Waals surface area contributed by atoms with Crippen molar-refractivity contribution in [2.24, 2.45) is 10.9 Å². The van der Waals surface area contributed by atoms with Crippen molar-refractivity contribution < 1.29 is 33.0 Å². The second kappa shape index (κ2) is 10.8. The summed E-state index contributed by atoms with van der Waals surface area (Å²) in [7, 11) is 0. The first-order chi connectivity index (χ1) is 19.6. The molecule has 1 aromatic carbocycles. The van der Waals surface area contributed by atoms with E-state index in [0.29, 0.717) is 11.3 Å². The van der Waals surface area contributed by atoms with Crippen LogP contribution in [0.25, 0.3) is 0 Å². The first-order valence-electron chi connectivity index (χ1n) is 13.0. The smallest absolute Gasteiger partial charge is 0.428 e. The Hall–Kier alpha value is -4.97. The molecule has 3 atom stereocenters. The SMILES string of the molecule is C#C[C@]1(c2cc(NC(=O)c3ccc(C#N)cn3)ccc2F)N=C(N(C(=O)OC(C)(C)C)C(=O)OC(C)(C)C)O[C@@H]2C[C@@H]21. The van der Waals surface area contributed by atoms with Crippen molar-refractivity contribution in [3.05, 3.63) is 59.2 Å². The molecule has 2 aliphatic rings. The molecule has 3 amide bonds. The molecule has 12 heteroatoms. The standard InChI is InChI=1S/C30H30FN5O6/c1-8-30(19-13-18(10-11-21(19)31)34-24(37)22-12-9-17(15-32)16-33-22)20-14-23(20)40-25(35-30)36(26(38)41-28(2,3)4)27(39)42-29(5,6)7/h1,9-13,16,20,23H,14H2,2-7H3,(H,34,37)/t20-,23+,30+/m0/s1. The first kappa shape index (κ1) is 30.0. The normalized spacial score (nSPS) is 20.8. The molecule has 0 unspecified atom stereocenters. The minimum Gasteiger partial charge on any atom is -0.461 e. The van der Waals surface area contributed by atoms with Crippen LogP contribution in [0.4, 0.5) is 19.7 Å². The predicted molar refractivity (Wildman–Crippen MR) is 149 cm³/mol. The van der Waals surface area contributed by atoms with Gasteiger partial charge in [-0.3, -0.25) is 4.79 Å². The molecule has 218 valence electrons. The Bertz CT molecular complexity index is 1520. The number of aliphatic imine (C=N–C) groups is 1. The van der Waals surface area contributed by atoms with E-state index >= 15 is 4.39 Å². The Balaban J connectivity index is 1.74. The molecule has 0 bridgehead atoms. The van der Waals surface area contributed by atoms with Gasteiger partial charge >= 0.3 is 18.2 Å². The average Bonchev–Trinajstić information content (AvgIpc) is 3.67. The third-order valence-corrected chi connectivity index (χ3v) is 6.12. The molecule has 1 fully saturated rings. The van der Waals surface area contributed by atoms with Gasteiger partial charge in [0.05, 0.1) is 5.56 Å². The zero-order valence-electron chi connectivity index (χ0n) is 24.0. The third kappa shape index (κ3) is 6.33. The van der Waals surface area contributed by atoms with Crippen molar-refractivity contribution >= 4 is 29.8 Å². The summed E-state index contributed by atoms with van der Waals surface area (Å²) in [4.78, 5) is 48.1. The first-order valence-corrected chi connectivity index (χ1v) is 13.0. The Morgan fingerprint density at radius 1 is 1.12 bits per heavy atom. The van der Waals surface area contributed by atoms with Crippen molar-refractivity contribution in [3.8, 4) is 18.4 Å². The topological polar surface area (TPSA) is 143 Å². The number of nitriles is 1. The number of rotatable bonds is 3. The molecule has 0 spiro atoms. The van der Waals surface area contributed by atoms with E-state index < -0.39 is 58.7 Å². The molecule has 42 heavy (non-hydrogen) atoms. The molecule has 11 nitrogen and oxygen atoms in total. The van der Waals surface area contributed by atoms with Crippen LogP contribution < -0.4 is 5.32 Å². The second-order valence-corrected chi connectivity index (χ2v) is 11.8. The number of anilines is 1. The summed E-state index contributed by atoms with van der Waals surface area (Å²) in [5, 5.41) is 11.6. The molecule has 1 aliphatic carbocycles. The fourth-order valence-electron chi connectivity index (χ4n) is 4.25. The van der Waals surface area contributed by atoms with Gasteiger partial charge in [0, 0.05) is 23.4 Å². The van der Waals surface area contributed by atoms with E-state index in [9.17, 15) is 14.4 Å². The van der Waals surface area contributed by atoms with Crippen molar-refractivity contribution in [2.75, 3.05) is 5.32 Å². The summed E-state index contributed by atoms with van der Waals surface area (Å²) >= 11 is 0. The lowest BCUT2D eigenvalue weighted by molar-refractivity contribution is 0.00821. The van der Waals surface area contributed by atoms with Crippen LogP contribution in [0.2, 0.25) is 0 Å². The highest BCUT2D eigenvalue weighted by molar-refractivity contribution is 6.06. The number of amidine groups is 1. The monoisotopic (exact) mass is 575 g/mol. The number of terminal acetylenes is 1. The number of aromatic nitrogens is 1. The lowest BCUT2D eigenvalue weighted by atomic mass is 9.85. The van der Waals surface area contributed by atoms with Gasteiger partial charge in [0.1, 0.15) is 34.9 Å². The minimum absolute atomic E-state index is 0.0329. The van der Waals surface area contributed by atoms with Crippen LogP contribution in [0, 0.1) is 35.4 Å². The van der Waals surface area contributed by atoms with E-state index in [1.807, 2.05) is 6.07 Å². The summed E-state index contributed by atoms with van der Waals surface area (Å²) in [5.41, 5.74) is -3.24. The maximum absolute atomic E-state index is 15.5. The molecule has 4 rings (SSSR count). The van der Waals surface area contributed by atoms with E-state index in [-0.39, 0.29) is 22.5 Å². The maximum atomic E-state index is 15.5. The summed E-state index contributed by atoms with van der Waals surface area (Å²) < 4.78 is 32.1. The Labute approximate surface area is 242 Å². The van der Waals surface area contributed by atoms with Gasteiger partial charge in [-0.15, -0.1) is 11.3 Å². The van der Waals surface area contributed by atoms with Crippen molar-refractivity contribution in [2.45, 2.75) is 70.8 Å². The number of imide groups is 1. The lowest BCUT2D eigenvalue weighted by Crippen LogP contribution is -2.50. The largest absolute Gasteiger partial charge is 0.461 e. The van der Waals surface area contributed by atoms with Crippen LogP contribution >= 0.6 is 0 Å². The summed E-state index contributed by atoms with van der Waals surface area (Å²) in [5.74, 6) is 0.749. The Kier molecular flexibility index (Phi) is 7.70. The molecule has 1 aromatic heterocycles. The van der Waals surface area contributed by atoms with E-state index in [1.165, 1.54) is 30.5 Å². The maximum Gasteiger partial charge on any atom is 0.428 e. The summed E-state index contributed by atoms with van der Waals surface area (Å²) in [6.45, 7) is 9.71. The number of benzene rings is 1. The quantitative estimate of drug-likeness (QED) is 0.497. The van der Waals surface area contributed by atoms with Gasteiger partial charge in [-0.2, -0.15) is 5.26 Å². The third-order valence-electron chi connectivity index (χ3n) is 6.12. The molecule has 0 radical (unpaired) electrons. The molecule has 0 saturated heterocycles. The highest BCUT2D eigenvalue weighted by Crippen LogP contribution is 2.54. The van der Waals surface area contributed by atoms with Crippen LogP contribution in [0.5, 0.6) is 0 Å². The Morgan fingerprint density at radius 3 is 2.29 bits per heavy atom. The van der Waals surface area contributed by atoms with Crippen LogP contribution in [0.1, 0.15) is 69.6 Å². The van der Waals surface area contributed by atoms with Gasteiger partial charge in [0.15, 0.2) is 5.54 Å². The number of pyridine rings is 1. The van der Waals surface area contributed by atoms with Gasteiger partial charge < -0.3 is 19.5 Å². The van der Waals surface area contributed by atoms with Gasteiger partial charge in [0.2, 0.25) is 0 Å². The molecule has 2 heterocycles. The van der Waals surface area contributed by atoms with Crippen molar-refractivity contribution in [1.82, 2.24) is 9.88 Å². The zero-order valence-corrected chi connectivity index (χ0v) is 24.0. The molecule has 2 aromatic rings. The number of fused-ring (bicyclic) bond motifs is 1. The van der Waals surface area contributed by atoms with Crippen LogP contribution in [0.3, 0.4) is 0 Å². The number of ether oxygens (including phenoxy) is 3. The van der Waals surface area contributed by atoms with E-state index in [0.717, 1.165) is 6.07 Å².